The zero-order valence-electron chi connectivity index (χ0n) is 13.4. The molecule has 1 heterocycles. The molecule has 1 N–H and O–H groups in total. The van der Waals surface area contributed by atoms with E-state index in [9.17, 15) is 4.79 Å². The molecule has 1 aliphatic carbocycles. The fourth-order valence-corrected chi connectivity index (χ4v) is 3.74. The first-order valence-corrected chi connectivity index (χ1v) is 8.86. The maximum Gasteiger partial charge on any atom is 0.229 e. The summed E-state index contributed by atoms with van der Waals surface area (Å²) in [5, 5.41) is 2.97. The van der Waals surface area contributed by atoms with Crippen LogP contribution in [0.3, 0.4) is 0 Å². The Morgan fingerprint density at radius 2 is 1.78 bits per heavy atom. The SMILES string of the molecule is C[C@@]1(C(=O)NCCN2CCN(c3ccccc3)CC2)CC1(Cl)Cl. The van der Waals surface area contributed by atoms with Gasteiger partial charge >= 0.3 is 0 Å². The molecule has 0 bridgehead atoms. The topological polar surface area (TPSA) is 35.6 Å². The number of amides is 1. The van der Waals surface area contributed by atoms with E-state index in [1.165, 1.54) is 5.69 Å². The van der Waals surface area contributed by atoms with Crippen LogP contribution in [0.2, 0.25) is 0 Å². The number of hydrogen-bond donors (Lipinski definition) is 1. The van der Waals surface area contributed by atoms with Crippen molar-refractivity contribution in [2.75, 3.05) is 44.2 Å². The summed E-state index contributed by atoms with van der Waals surface area (Å²) in [4.78, 5) is 16.9. The van der Waals surface area contributed by atoms with Crippen LogP contribution >= 0.6 is 23.2 Å². The van der Waals surface area contributed by atoms with Gasteiger partial charge in [-0.25, -0.2) is 0 Å². The molecule has 1 aromatic rings. The Hall–Kier alpha value is -0.970. The number of rotatable bonds is 5. The van der Waals surface area contributed by atoms with Gasteiger partial charge < -0.3 is 10.2 Å². The first-order chi connectivity index (χ1) is 10.9. The van der Waals surface area contributed by atoms with E-state index < -0.39 is 9.75 Å². The van der Waals surface area contributed by atoms with E-state index in [0.717, 1.165) is 32.7 Å². The predicted molar refractivity (Wildman–Crippen MR) is 95.3 cm³/mol. The van der Waals surface area contributed by atoms with Crippen molar-refractivity contribution >= 4 is 34.8 Å². The molecule has 1 saturated heterocycles. The van der Waals surface area contributed by atoms with Crippen molar-refractivity contribution < 1.29 is 4.79 Å². The molecular weight excluding hydrogens is 333 g/mol. The zero-order valence-corrected chi connectivity index (χ0v) is 14.9. The van der Waals surface area contributed by atoms with E-state index in [4.69, 9.17) is 23.2 Å². The molecule has 4 nitrogen and oxygen atoms in total. The summed E-state index contributed by atoms with van der Waals surface area (Å²) in [6.07, 6.45) is 0.532. The second-order valence-electron chi connectivity index (χ2n) is 6.63. The molecule has 126 valence electrons. The second kappa shape index (κ2) is 6.50. The lowest BCUT2D eigenvalue weighted by molar-refractivity contribution is -0.125. The smallest absolute Gasteiger partial charge is 0.229 e. The summed E-state index contributed by atoms with van der Waals surface area (Å²) in [5.74, 6) is -0.0366. The molecule has 0 radical (unpaired) electrons. The van der Waals surface area contributed by atoms with Crippen molar-refractivity contribution in [3.8, 4) is 0 Å². The predicted octanol–water partition coefficient (Wildman–Crippen LogP) is 2.51. The molecule has 0 unspecified atom stereocenters. The summed E-state index contributed by atoms with van der Waals surface area (Å²) < 4.78 is -0.890. The molecule has 3 rings (SSSR count). The summed E-state index contributed by atoms with van der Waals surface area (Å²) in [5.41, 5.74) is 0.657. The Kier molecular flexibility index (Phi) is 4.77. The highest BCUT2D eigenvalue weighted by atomic mass is 35.5. The van der Waals surface area contributed by atoms with Crippen LogP contribution in [-0.4, -0.2) is 54.4 Å². The average molecular weight is 356 g/mol. The largest absolute Gasteiger partial charge is 0.369 e. The van der Waals surface area contributed by atoms with Gasteiger partial charge in [-0.3, -0.25) is 9.69 Å². The Bertz CT molecular complexity index is 558. The molecular formula is C17H23Cl2N3O. The van der Waals surface area contributed by atoms with Gasteiger partial charge in [0.25, 0.3) is 0 Å². The van der Waals surface area contributed by atoms with Gasteiger partial charge in [0.1, 0.15) is 4.33 Å². The van der Waals surface area contributed by atoms with Gasteiger partial charge in [-0.1, -0.05) is 18.2 Å². The van der Waals surface area contributed by atoms with Crippen LogP contribution in [0.1, 0.15) is 13.3 Å². The molecule has 1 atom stereocenters. The molecule has 2 fully saturated rings. The van der Waals surface area contributed by atoms with Crippen molar-refractivity contribution in [2.45, 2.75) is 17.7 Å². The summed E-state index contributed by atoms with van der Waals surface area (Å²) in [6, 6.07) is 10.5. The van der Waals surface area contributed by atoms with E-state index in [-0.39, 0.29) is 5.91 Å². The normalized spacial score (nSPS) is 26.8. The van der Waals surface area contributed by atoms with Crippen LogP contribution in [0.15, 0.2) is 30.3 Å². The molecule has 0 aromatic heterocycles. The minimum Gasteiger partial charge on any atom is -0.369 e. The number of carbonyl (C=O) groups is 1. The van der Waals surface area contributed by atoms with Crippen LogP contribution in [-0.2, 0) is 4.79 Å². The number of piperazine rings is 1. The third-order valence-corrected chi connectivity index (χ3v) is 6.07. The van der Waals surface area contributed by atoms with E-state index in [2.05, 4.69) is 39.4 Å². The number of anilines is 1. The summed E-state index contributed by atoms with van der Waals surface area (Å²) in [6.45, 7) is 7.38. The lowest BCUT2D eigenvalue weighted by Gasteiger charge is -2.36. The highest BCUT2D eigenvalue weighted by Crippen LogP contribution is 2.63. The molecule has 23 heavy (non-hydrogen) atoms. The van der Waals surface area contributed by atoms with Crippen LogP contribution in [0.4, 0.5) is 5.69 Å². The first kappa shape index (κ1) is 16.9. The van der Waals surface area contributed by atoms with Crippen molar-refractivity contribution in [1.82, 2.24) is 10.2 Å². The van der Waals surface area contributed by atoms with Gasteiger partial charge in [0, 0.05) is 45.0 Å². The molecule has 6 heteroatoms. The lowest BCUT2D eigenvalue weighted by Crippen LogP contribution is -2.49. The maximum absolute atomic E-state index is 12.1. The number of carbonyl (C=O) groups excluding carboxylic acids is 1. The number of nitrogens with one attached hydrogen (secondary N) is 1. The van der Waals surface area contributed by atoms with Gasteiger partial charge in [-0.15, -0.1) is 23.2 Å². The van der Waals surface area contributed by atoms with Gasteiger partial charge in [0.15, 0.2) is 0 Å². The Labute approximate surface area is 147 Å². The number of alkyl halides is 2. The highest BCUT2D eigenvalue weighted by Gasteiger charge is 2.67. The van der Waals surface area contributed by atoms with Crippen LogP contribution in [0.5, 0.6) is 0 Å². The molecule has 1 aromatic carbocycles. The quantitative estimate of drug-likeness (QED) is 0.824. The van der Waals surface area contributed by atoms with Gasteiger partial charge in [-0.05, 0) is 25.5 Å². The van der Waals surface area contributed by atoms with Crippen molar-refractivity contribution in [2.24, 2.45) is 5.41 Å². The number of para-hydroxylation sites is 1. The van der Waals surface area contributed by atoms with E-state index >= 15 is 0 Å². The minimum atomic E-state index is -0.890. The van der Waals surface area contributed by atoms with Gasteiger partial charge in [-0.2, -0.15) is 0 Å². The molecule has 2 aliphatic rings. The summed E-state index contributed by atoms with van der Waals surface area (Å²) >= 11 is 12.1. The van der Waals surface area contributed by atoms with E-state index in [0.29, 0.717) is 13.0 Å². The standard InChI is InChI=1S/C17H23Cl2N3O/c1-16(13-17(16,18)19)15(23)20-7-8-21-9-11-22(12-10-21)14-5-3-2-4-6-14/h2-6H,7-13H2,1H3,(H,20,23)/t16-/m0/s1. The Morgan fingerprint density at radius 3 is 2.35 bits per heavy atom. The van der Waals surface area contributed by atoms with Crippen LogP contribution in [0, 0.1) is 5.41 Å². The van der Waals surface area contributed by atoms with Crippen molar-refractivity contribution in [3.63, 3.8) is 0 Å². The summed E-state index contributed by atoms with van der Waals surface area (Å²) in [7, 11) is 0. The molecule has 0 spiro atoms. The Balaban J connectivity index is 1.38. The second-order valence-corrected chi connectivity index (χ2v) is 8.12. The number of benzene rings is 1. The zero-order chi connectivity index (χ0) is 16.5. The molecule has 1 amide bonds. The lowest BCUT2D eigenvalue weighted by atomic mass is 10.1. The monoisotopic (exact) mass is 355 g/mol. The first-order valence-electron chi connectivity index (χ1n) is 8.11. The number of hydrogen-bond acceptors (Lipinski definition) is 3. The van der Waals surface area contributed by atoms with Gasteiger partial charge in [0.2, 0.25) is 5.91 Å². The van der Waals surface area contributed by atoms with Crippen LogP contribution in [0.25, 0.3) is 0 Å². The fraction of sp³-hybridized carbons (Fsp3) is 0.588. The molecule has 1 aliphatic heterocycles. The maximum atomic E-state index is 12.1. The molecule has 1 saturated carbocycles. The third-order valence-electron chi connectivity index (χ3n) is 4.97. The fourth-order valence-electron chi connectivity index (χ4n) is 3.04. The van der Waals surface area contributed by atoms with Gasteiger partial charge in [0.05, 0.1) is 5.41 Å². The van der Waals surface area contributed by atoms with Crippen molar-refractivity contribution in [1.29, 1.82) is 0 Å². The van der Waals surface area contributed by atoms with E-state index in [1.54, 1.807) is 0 Å². The van der Waals surface area contributed by atoms with Crippen molar-refractivity contribution in [3.05, 3.63) is 30.3 Å². The van der Waals surface area contributed by atoms with Crippen LogP contribution < -0.4 is 10.2 Å². The number of nitrogens with zero attached hydrogens (tertiary/aromatic N) is 2. The highest BCUT2D eigenvalue weighted by molar-refractivity contribution is 6.53. The Morgan fingerprint density at radius 1 is 1.17 bits per heavy atom. The minimum absolute atomic E-state index is 0.0366. The third kappa shape index (κ3) is 3.59. The average Bonchev–Trinajstić information content (AvgIpc) is 3.08. The number of halogens is 2. The van der Waals surface area contributed by atoms with E-state index in [1.807, 2.05) is 13.0 Å².